The first-order valence-electron chi connectivity index (χ1n) is 9.27. The Morgan fingerprint density at radius 2 is 1.96 bits per heavy atom. The molecule has 1 fully saturated rings. The van der Waals surface area contributed by atoms with Gasteiger partial charge in [-0.2, -0.15) is 0 Å². The van der Waals surface area contributed by atoms with Crippen molar-refractivity contribution in [2.45, 2.75) is 43.0 Å². The molecule has 1 N–H and O–H groups in total. The van der Waals surface area contributed by atoms with Crippen LogP contribution in [-0.2, 0) is 4.79 Å². The van der Waals surface area contributed by atoms with E-state index < -0.39 is 0 Å². The zero-order chi connectivity index (χ0) is 19.7. The van der Waals surface area contributed by atoms with E-state index in [1.54, 1.807) is 0 Å². The highest BCUT2D eigenvalue weighted by molar-refractivity contribution is 9.10. The van der Waals surface area contributed by atoms with Crippen molar-refractivity contribution in [2.75, 3.05) is 5.32 Å². The number of nitrogens with zero attached hydrogens (tertiary/aromatic N) is 3. The maximum absolute atomic E-state index is 12.7. The molecule has 1 aliphatic carbocycles. The molecule has 0 bridgehead atoms. The second-order valence-corrected chi connectivity index (χ2v) is 9.18. The Kier molecular flexibility index (Phi) is 5.55. The molecule has 1 atom stereocenters. The van der Waals surface area contributed by atoms with E-state index in [0.29, 0.717) is 5.92 Å². The number of aromatic nitrogens is 3. The van der Waals surface area contributed by atoms with Gasteiger partial charge in [-0.25, -0.2) is 0 Å². The van der Waals surface area contributed by atoms with Crippen LogP contribution >= 0.6 is 27.7 Å². The summed E-state index contributed by atoms with van der Waals surface area (Å²) in [5, 5.41) is 12.3. The summed E-state index contributed by atoms with van der Waals surface area (Å²) in [6.07, 6.45) is 2.29. The Morgan fingerprint density at radius 1 is 1.21 bits per heavy atom. The SMILES string of the molecule is Cc1ccc(NC(=O)C(C)Sc2nnc(C3CC3)n2-c2ccccc2)c(Br)c1. The van der Waals surface area contributed by atoms with Crippen LogP contribution in [0.4, 0.5) is 5.69 Å². The number of carbonyl (C=O) groups excluding carboxylic acids is 1. The topological polar surface area (TPSA) is 59.8 Å². The predicted octanol–water partition coefficient (Wildman–Crippen LogP) is 5.33. The van der Waals surface area contributed by atoms with Crippen molar-refractivity contribution in [3.63, 3.8) is 0 Å². The number of thioether (sulfide) groups is 1. The third-order valence-corrected chi connectivity index (χ3v) is 6.35. The average molecular weight is 457 g/mol. The summed E-state index contributed by atoms with van der Waals surface area (Å²) in [5.74, 6) is 1.39. The molecule has 4 rings (SSSR count). The molecule has 1 amide bonds. The van der Waals surface area contributed by atoms with Crippen LogP contribution < -0.4 is 5.32 Å². The fraction of sp³-hybridized carbons (Fsp3) is 0.286. The van der Waals surface area contributed by atoms with Crippen LogP contribution in [0.5, 0.6) is 0 Å². The van der Waals surface area contributed by atoms with Gasteiger partial charge in [0.15, 0.2) is 5.16 Å². The van der Waals surface area contributed by atoms with E-state index in [1.807, 2.05) is 62.4 Å². The van der Waals surface area contributed by atoms with E-state index in [9.17, 15) is 4.79 Å². The Morgan fingerprint density at radius 3 is 2.64 bits per heavy atom. The van der Waals surface area contributed by atoms with E-state index in [0.717, 1.165) is 45.2 Å². The van der Waals surface area contributed by atoms with Crippen molar-refractivity contribution in [1.82, 2.24) is 14.8 Å². The summed E-state index contributed by atoms with van der Waals surface area (Å²) in [4.78, 5) is 12.7. The van der Waals surface area contributed by atoms with Crippen LogP contribution in [0.25, 0.3) is 5.69 Å². The lowest BCUT2D eigenvalue weighted by Crippen LogP contribution is -2.23. The van der Waals surface area contributed by atoms with Gasteiger partial charge in [0, 0.05) is 16.1 Å². The van der Waals surface area contributed by atoms with Gasteiger partial charge < -0.3 is 5.32 Å². The van der Waals surface area contributed by atoms with Crippen molar-refractivity contribution < 1.29 is 4.79 Å². The van der Waals surface area contributed by atoms with Crippen LogP contribution in [0.15, 0.2) is 58.2 Å². The summed E-state index contributed by atoms with van der Waals surface area (Å²) in [6.45, 7) is 3.91. The molecule has 7 heteroatoms. The van der Waals surface area contributed by atoms with Crippen LogP contribution in [0.2, 0.25) is 0 Å². The molecule has 28 heavy (non-hydrogen) atoms. The van der Waals surface area contributed by atoms with Crippen molar-refractivity contribution in [3.05, 3.63) is 64.4 Å². The van der Waals surface area contributed by atoms with Gasteiger partial charge in [0.1, 0.15) is 5.82 Å². The fourth-order valence-corrected chi connectivity index (χ4v) is 4.42. The molecule has 1 aliphatic rings. The first-order chi connectivity index (χ1) is 13.5. The van der Waals surface area contributed by atoms with Gasteiger partial charge in [-0.3, -0.25) is 9.36 Å². The highest BCUT2D eigenvalue weighted by atomic mass is 79.9. The second-order valence-electron chi connectivity index (χ2n) is 7.02. The van der Waals surface area contributed by atoms with Crippen LogP contribution in [0.3, 0.4) is 0 Å². The van der Waals surface area contributed by atoms with Crippen LogP contribution in [0, 0.1) is 6.92 Å². The largest absolute Gasteiger partial charge is 0.324 e. The van der Waals surface area contributed by atoms with E-state index in [4.69, 9.17) is 0 Å². The number of carbonyl (C=O) groups is 1. The lowest BCUT2D eigenvalue weighted by molar-refractivity contribution is -0.115. The number of nitrogens with one attached hydrogen (secondary N) is 1. The highest BCUT2D eigenvalue weighted by Gasteiger charge is 2.31. The summed E-state index contributed by atoms with van der Waals surface area (Å²) in [7, 11) is 0. The molecule has 0 saturated heterocycles. The molecule has 5 nitrogen and oxygen atoms in total. The highest BCUT2D eigenvalue weighted by Crippen LogP contribution is 2.41. The standard InChI is InChI=1S/C21H21BrN4OS/c1-13-8-11-18(17(22)12-13)23-20(27)14(2)28-21-25-24-19(15-9-10-15)26(21)16-6-4-3-5-7-16/h3-8,11-12,14-15H,9-10H2,1-2H3,(H,23,27). The minimum absolute atomic E-state index is 0.0647. The van der Waals surface area contributed by atoms with Crippen LogP contribution in [0.1, 0.15) is 37.1 Å². The molecule has 0 aliphatic heterocycles. The number of amides is 1. The maximum Gasteiger partial charge on any atom is 0.237 e. The molecule has 2 aromatic carbocycles. The summed E-state index contributed by atoms with van der Waals surface area (Å²) in [6, 6.07) is 16.0. The van der Waals surface area contributed by atoms with Gasteiger partial charge >= 0.3 is 0 Å². The molecule has 1 aromatic heterocycles. The summed E-state index contributed by atoms with van der Waals surface area (Å²) < 4.78 is 2.97. The number of hydrogen-bond donors (Lipinski definition) is 1. The Labute approximate surface area is 177 Å². The molecule has 144 valence electrons. The molecular weight excluding hydrogens is 436 g/mol. The number of benzene rings is 2. The van der Waals surface area contributed by atoms with Crippen molar-refractivity contribution in [2.24, 2.45) is 0 Å². The molecule has 0 spiro atoms. The van der Waals surface area contributed by atoms with E-state index in [1.165, 1.54) is 11.8 Å². The third-order valence-electron chi connectivity index (χ3n) is 4.65. The van der Waals surface area contributed by atoms with Crippen molar-refractivity contribution >= 4 is 39.3 Å². The number of rotatable bonds is 6. The molecule has 1 unspecified atom stereocenters. The third kappa shape index (κ3) is 4.15. The quantitative estimate of drug-likeness (QED) is 0.508. The first kappa shape index (κ1) is 19.2. The van der Waals surface area contributed by atoms with Gasteiger partial charge in [-0.05, 0) is 72.4 Å². The molecule has 0 radical (unpaired) electrons. The van der Waals surface area contributed by atoms with E-state index in [-0.39, 0.29) is 11.2 Å². The molecule has 1 heterocycles. The zero-order valence-electron chi connectivity index (χ0n) is 15.7. The van der Waals surface area contributed by atoms with Gasteiger partial charge in [0.2, 0.25) is 5.91 Å². The Bertz CT molecular complexity index is 1000. The minimum atomic E-state index is -0.313. The molecule has 3 aromatic rings. The number of halogens is 1. The van der Waals surface area contributed by atoms with Gasteiger partial charge in [-0.15, -0.1) is 10.2 Å². The second kappa shape index (κ2) is 8.09. The first-order valence-corrected chi connectivity index (χ1v) is 10.9. The molecule has 1 saturated carbocycles. The smallest absolute Gasteiger partial charge is 0.237 e. The monoisotopic (exact) mass is 456 g/mol. The van der Waals surface area contributed by atoms with Crippen LogP contribution in [-0.4, -0.2) is 25.9 Å². The lowest BCUT2D eigenvalue weighted by Gasteiger charge is -2.14. The van der Waals surface area contributed by atoms with Gasteiger partial charge in [0.05, 0.1) is 10.9 Å². The summed E-state index contributed by atoms with van der Waals surface area (Å²) in [5.41, 5.74) is 2.94. The number of hydrogen-bond acceptors (Lipinski definition) is 4. The zero-order valence-corrected chi connectivity index (χ0v) is 18.1. The predicted molar refractivity (Wildman–Crippen MR) is 116 cm³/mol. The average Bonchev–Trinajstić information content (AvgIpc) is 3.45. The van der Waals surface area contributed by atoms with E-state index in [2.05, 4.69) is 36.0 Å². The molecular formula is C21H21BrN4OS. The van der Waals surface area contributed by atoms with Gasteiger partial charge in [0.25, 0.3) is 0 Å². The minimum Gasteiger partial charge on any atom is -0.324 e. The number of anilines is 1. The lowest BCUT2D eigenvalue weighted by atomic mass is 10.2. The van der Waals surface area contributed by atoms with E-state index >= 15 is 0 Å². The Balaban J connectivity index is 1.54. The normalized spacial score (nSPS) is 14.7. The Hall–Kier alpha value is -2.12. The van der Waals surface area contributed by atoms with Crippen molar-refractivity contribution in [3.8, 4) is 5.69 Å². The maximum atomic E-state index is 12.7. The number of aryl methyl sites for hydroxylation is 1. The van der Waals surface area contributed by atoms with Gasteiger partial charge in [-0.1, -0.05) is 36.0 Å². The van der Waals surface area contributed by atoms with Crippen molar-refractivity contribution in [1.29, 1.82) is 0 Å². The summed E-state index contributed by atoms with van der Waals surface area (Å²) >= 11 is 4.94. The number of para-hydroxylation sites is 1. The fourth-order valence-electron chi connectivity index (χ4n) is 2.95.